The number of likely N-dealkylation sites (N-methyl/N-ethyl adjacent to an activating group) is 1. The number of fused-ring (bicyclic) bond motifs is 2. The van der Waals surface area contributed by atoms with Crippen LogP contribution < -0.4 is 16.3 Å². The minimum Gasteiger partial charge on any atom is -0.389 e. The standard InChI is InChI=1S/C32H31N5O4/c1-20-25(34-28(38)23-13-12-21-9-5-6-10-22(21)19-23)14-15-26-27(20)29(39)41-31(35-26)36-32(2,3)30(40)37(4)18-16-24-11-7-8-17-33-24/h5-15,17,19H,16,18H2,1-4H3,(H,34,38)(H,35,36). The minimum atomic E-state index is -1.10. The molecular formula is C32H31N5O4. The molecule has 0 aliphatic heterocycles. The number of nitrogens with one attached hydrogen (secondary N) is 2. The lowest BCUT2D eigenvalue weighted by atomic mass is 10.0. The molecule has 5 rings (SSSR count). The van der Waals surface area contributed by atoms with Crippen molar-refractivity contribution in [1.82, 2.24) is 14.9 Å². The number of nitrogens with zero attached hydrogens (tertiary/aromatic N) is 3. The Morgan fingerprint density at radius 1 is 0.976 bits per heavy atom. The van der Waals surface area contributed by atoms with Crippen LogP contribution in [0.3, 0.4) is 0 Å². The van der Waals surface area contributed by atoms with Crippen LogP contribution in [0, 0.1) is 6.92 Å². The predicted molar refractivity (Wildman–Crippen MR) is 160 cm³/mol. The van der Waals surface area contributed by atoms with Gasteiger partial charge in [0.1, 0.15) is 5.54 Å². The Hall–Kier alpha value is -5.05. The topological polar surface area (TPSA) is 117 Å². The van der Waals surface area contributed by atoms with E-state index in [4.69, 9.17) is 4.42 Å². The number of rotatable bonds is 8. The summed E-state index contributed by atoms with van der Waals surface area (Å²) in [4.78, 5) is 49.6. The van der Waals surface area contributed by atoms with Crippen molar-refractivity contribution in [1.29, 1.82) is 0 Å². The zero-order valence-electron chi connectivity index (χ0n) is 23.4. The third-order valence-corrected chi connectivity index (χ3v) is 7.05. The van der Waals surface area contributed by atoms with Gasteiger partial charge in [-0.3, -0.25) is 14.6 Å². The van der Waals surface area contributed by atoms with Crippen LogP contribution in [0.25, 0.3) is 21.7 Å². The first-order chi connectivity index (χ1) is 19.6. The van der Waals surface area contributed by atoms with Crippen molar-refractivity contribution in [2.45, 2.75) is 32.7 Å². The van der Waals surface area contributed by atoms with E-state index in [0.717, 1.165) is 16.5 Å². The molecule has 41 heavy (non-hydrogen) atoms. The fourth-order valence-corrected chi connectivity index (χ4v) is 4.76. The van der Waals surface area contributed by atoms with Crippen molar-refractivity contribution in [3.63, 3.8) is 0 Å². The molecule has 0 fully saturated rings. The van der Waals surface area contributed by atoms with Gasteiger partial charge in [-0.1, -0.05) is 36.4 Å². The van der Waals surface area contributed by atoms with Gasteiger partial charge in [-0.2, -0.15) is 4.98 Å². The number of hydrogen-bond donors (Lipinski definition) is 2. The summed E-state index contributed by atoms with van der Waals surface area (Å²) in [5, 5.41) is 8.13. The normalized spacial score (nSPS) is 11.4. The van der Waals surface area contributed by atoms with Crippen molar-refractivity contribution in [2.24, 2.45) is 0 Å². The third kappa shape index (κ3) is 5.94. The number of hydrogen-bond acceptors (Lipinski definition) is 7. The number of carbonyl (C=O) groups is 2. The molecule has 9 nitrogen and oxygen atoms in total. The number of carbonyl (C=O) groups excluding carboxylic acids is 2. The van der Waals surface area contributed by atoms with Gasteiger partial charge >= 0.3 is 5.63 Å². The summed E-state index contributed by atoms with van der Waals surface area (Å²) in [7, 11) is 1.72. The summed E-state index contributed by atoms with van der Waals surface area (Å²) in [5.41, 5.74) is 1.08. The Labute approximate surface area is 237 Å². The molecule has 0 saturated heterocycles. The monoisotopic (exact) mass is 549 g/mol. The van der Waals surface area contributed by atoms with Gasteiger partial charge in [0, 0.05) is 43.2 Å². The highest BCUT2D eigenvalue weighted by Crippen LogP contribution is 2.25. The molecule has 9 heteroatoms. The molecule has 0 aliphatic rings. The number of pyridine rings is 1. The number of aryl methyl sites for hydroxylation is 1. The molecule has 208 valence electrons. The van der Waals surface area contributed by atoms with Crippen molar-refractivity contribution in [2.75, 3.05) is 24.2 Å². The van der Waals surface area contributed by atoms with Crippen LogP contribution in [0.15, 0.2) is 88.2 Å². The maximum atomic E-state index is 13.2. The van der Waals surface area contributed by atoms with Gasteiger partial charge in [0.15, 0.2) is 0 Å². The lowest BCUT2D eigenvalue weighted by Gasteiger charge is -2.30. The molecule has 0 aliphatic carbocycles. The number of aromatic nitrogens is 2. The predicted octanol–water partition coefficient (Wildman–Crippen LogP) is 5.19. The van der Waals surface area contributed by atoms with Crippen LogP contribution in [0.1, 0.15) is 35.5 Å². The summed E-state index contributed by atoms with van der Waals surface area (Å²) in [6.45, 7) is 5.61. The molecule has 3 aromatic carbocycles. The molecular weight excluding hydrogens is 518 g/mol. The zero-order valence-corrected chi connectivity index (χ0v) is 23.4. The maximum absolute atomic E-state index is 13.2. The quantitative estimate of drug-likeness (QED) is 0.274. The Kier molecular flexibility index (Phi) is 7.52. The molecule has 0 spiro atoms. The number of benzene rings is 3. The van der Waals surface area contributed by atoms with Gasteiger partial charge in [0.25, 0.3) is 11.9 Å². The van der Waals surface area contributed by atoms with E-state index in [-0.39, 0.29) is 23.2 Å². The second kappa shape index (κ2) is 11.2. The minimum absolute atomic E-state index is 0.0636. The van der Waals surface area contributed by atoms with E-state index in [9.17, 15) is 14.4 Å². The molecule has 0 bridgehead atoms. The second-order valence-electron chi connectivity index (χ2n) is 10.5. The van der Waals surface area contributed by atoms with Crippen molar-refractivity contribution in [3.8, 4) is 0 Å². The van der Waals surface area contributed by atoms with Crippen molar-refractivity contribution in [3.05, 3.63) is 106 Å². The van der Waals surface area contributed by atoms with Crippen LogP contribution in [0.2, 0.25) is 0 Å². The van der Waals surface area contributed by atoms with E-state index in [0.29, 0.717) is 35.3 Å². The number of amides is 2. The summed E-state index contributed by atoms with van der Waals surface area (Å²) in [6, 6.07) is 22.3. The fourth-order valence-electron chi connectivity index (χ4n) is 4.76. The molecule has 2 aromatic heterocycles. The van der Waals surface area contributed by atoms with Crippen LogP contribution in [0.4, 0.5) is 11.7 Å². The smallest absolute Gasteiger partial charge is 0.348 e. The van der Waals surface area contributed by atoms with E-state index in [2.05, 4.69) is 20.6 Å². The van der Waals surface area contributed by atoms with E-state index >= 15 is 0 Å². The summed E-state index contributed by atoms with van der Waals surface area (Å²) >= 11 is 0. The van der Waals surface area contributed by atoms with Gasteiger partial charge in [0.05, 0.1) is 10.9 Å². The summed E-state index contributed by atoms with van der Waals surface area (Å²) in [6.07, 6.45) is 2.33. The Morgan fingerprint density at radius 2 is 1.73 bits per heavy atom. The van der Waals surface area contributed by atoms with Crippen LogP contribution in [0.5, 0.6) is 0 Å². The highest BCUT2D eigenvalue weighted by atomic mass is 16.4. The van der Waals surface area contributed by atoms with Crippen LogP contribution in [-0.4, -0.2) is 45.8 Å². The first-order valence-corrected chi connectivity index (χ1v) is 13.3. The van der Waals surface area contributed by atoms with E-state index in [1.54, 1.807) is 57.1 Å². The van der Waals surface area contributed by atoms with E-state index in [1.807, 2.05) is 54.6 Å². The first kappa shape index (κ1) is 27.5. The Morgan fingerprint density at radius 3 is 2.49 bits per heavy atom. The van der Waals surface area contributed by atoms with Crippen molar-refractivity contribution >= 4 is 45.2 Å². The molecule has 0 radical (unpaired) electrons. The molecule has 2 amide bonds. The van der Waals surface area contributed by atoms with Gasteiger partial charge < -0.3 is 20.0 Å². The average molecular weight is 550 g/mol. The maximum Gasteiger partial charge on any atom is 0.348 e. The van der Waals surface area contributed by atoms with E-state index < -0.39 is 11.2 Å². The average Bonchev–Trinajstić information content (AvgIpc) is 2.96. The highest BCUT2D eigenvalue weighted by molar-refractivity contribution is 6.07. The van der Waals surface area contributed by atoms with Gasteiger partial charge in [-0.25, -0.2) is 4.79 Å². The third-order valence-electron chi connectivity index (χ3n) is 7.05. The lowest BCUT2D eigenvalue weighted by Crippen LogP contribution is -2.49. The Bertz CT molecular complexity index is 1810. The lowest BCUT2D eigenvalue weighted by molar-refractivity contribution is -0.133. The van der Waals surface area contributed by atoms with Crippen molar-refractivity contribution < 1.29 is 14.0 Å². The summed E-state index contributed by atoms with van der Waals surface area (Å²) in [5.74, 6) is -0.484. The molecule has 0 atom stereocenters. The molecule has 0 saturated carbocycles. The van der Waals surface area contributed by atoms with Crippen LogP contribution >= 0.6 is 0 Å². The van der Waals surface area contributed by atoms with Crippen LogP contribution in [-0.2, 0) is 11.2 Å². The van der Waals surface area contributed by atoms with Gasteiger partial charge in [0.2, 0.25) is 5.91 Å². The SMILES string of the molecule is Cc1c(NC(=O)c2ccc3ccccc3c2)ccc2nc(NC(C)(C)C(=O)N(C)CCc3ccccn3)oc(=O)c12. The fraction of sp³-hybridized carbons (Fsp3) is 0.219. The van der Waals surface area contributed by atoms with Gasteiger partial charge in [-0.15, -0.1) is 0 Å². The summed E-state index contributed by atoms with van der Waals surface area (Å²) < 4.78 is 5.49. The zero-order chi connectivity index (χ0) is 29.1. The molecule has 2 heterocycles. The first-order valence-electron chi connectivity index (χ1n) is 13.3. The molecule has 2 N–H and O–H groups in total. The molecule has 5 aromatic rings. The second-order valence-corrected chi connectivity index (χ2v) is 10.5. The van der Waals surface area contributed by atoms with E-state index in [1.165, 1.54) is 0 Å². The highest BCUT2D eigenvalue weighted by Gasteiger charge is 2.32. The molecule has 0 unspecified atom stereocenters. The number of anilines is 2. The Balaban J connectivity index is 1.32. The van der Waals surface area contributed by atoms with Gasteiger partial charge in [-0.05, 0) is 73.5 Å². The largest absolute Gasteiger partial charge is 0.389 e.